The summed E-state index contributed by atoms with van der Waals surface area (Å²) in [5.74, 6) is 0. The summed E-state index contributed by atoms with van der Waals surface area (Å²) in [6.07, 6.45) is 2.71. The molecular formula is C14H23N3O3S. The fraction of sp³-hybridized carbons (Fsp3) is 0.643. The van der Waals surface area contributed by atoms with Crippen LogP contribution in [0.25, 0.3) is 0 Å². The van der Waals surface area contributed by atoms with Crippen molar-refractivity contribution in [3.8, 4) is 0 Å². The van der Waals surface area contributed by atoms with Crippen LogP contribution >= 0.6 is 0 Å². The number of aromatic nitrogens is 2. The predicted molar refractivity (Wildman–Crippen MR) is 80.2 cm³/mol. The predicted octanol–water partition coefficient (Wildman–Crippen LogP) is 1.58. The van der Waals surface area contributed by atoms with Crippen molar-refractivity contribution in [2.75, 3.05) is 13.1 Å². The minimum atomic E-state index is -3.67. The lowest BCUT2D eigenvalue weighted by Crippen LogP contribution is -2.37. The standard InChI is InChI=1S/C14H23N3O3S/c1-10-12(9-18)13(16-15-10)21(19,20)17-7-5-11(6-8-17)14(2,3)4/h5,18H,6-9H2,1-4H3,(H,15,16). The van der Waals surface area contributed by atoms with Crippen molar-refractivity contribution in [3.05, 3.63) is 22.9 Å². The molecular weight excluding hydrogens is 290 g/mol. The lowest BCUT2D eigenvalue weighted by Gasteiger charge is -2.31. The topological polar surface area (TPSA) is 86.3 Å². The molecule has 0 bridgehead atoms. The molecule has 1 aliphatic rings. The molecule has 1 aromatic rings. The molecule has 21 heavy (non-hydrogen) atoms. The Labute approximate surface area is 125 Å². The van der Waals surface area contributed by atoms with Gasteiger partial charge in [0.25, 0.3) is 10.0 Å². The van der Waals surface area contributed by atoms with E-state index in [1.165, 1.54) is 9.88 Å². The molecule has 1 aliphatic heterocycles. The van der Waals surface area contributed by atoms with Gasteiger partial charge in [-0.25, -0.2) is 8.42 Å². The van der Waals surface area contributed by atoms with Crippen molar-refractivity contribution >= 4 is 10.0 Å². The van der Waals surface area contributed by atoms with E-state index in [2.05, 4.69) is 31.0 Å². The van der Waals surface area contributed by atoms with Crippen LogP contribution in [0.2, 0.25) is 0 Å². The summed E-state index contributed by atoms with van der Waals surface area (Å²) in [6, 6.07) is 0. The van der Waals surface area contributed by atoms with Crippen LogP contribution < -0.4 is 0 Å². The van der Waals surface area contributed by atoms with Crippen LogP contribution in [-0.4, -0.2) is 41.1 Å². The smallest absolute Gasteiger partial charge is 0.263 e. The Balaban J connectivity index is 2.29. The van der Waals surface area contributed by atoms with Crippen LogP contribution in [0.1, 0.15) is 38.4 Å². The van der Waals surface area contributed by atoms with E-state index in [0.29, 0.717) is 24.3 Å². The van der Waals surface area contributed by atoms with Crippen molar-refractivity contribution in [1.29, 1.82) is 0 Å². The molecule has 2 rings (SSSR count). The first kappa shape index (κ1) is 16.2. The highest BCUT2D eigenvalue weighted by Crippen LogP contribution is 2.32. The number of aliphatic hydroxyl groups excluding tert-OH is 1. The van der Waals surface area contributed by atoms with E-state index in [1.807, 2.05) is 6.08 Å². The molecule has 0 radical (unpaired) electrons. The quantitative estimate of drug-likeness (QED) is 0.830. The normalized spacial score (nSPS) is 17.9. The van der Waals surface area contributed by atoms with Gasteiger partial charge in [-0.3, -0.25) is 5.10 Å². The first-order valence-corrected chi connectivity index (χ1v) is 8.46. The number of hydrogen-bond donors (Lipinski definition) is 2. The first-order valence-electron chi connectivity index (χ1n) is 7.02. The van der Waals surface area contributed by atoms with Gasteiger partial charge in [-0.2, -0.15) is 9.40 Å². The summed E-state index contributed by atoms with van der Waals surface area (Å²) in [6.45, 7) is 8.55. The van der Waals surface area contributed by atoms with Gasteiger partial charge in [0.15, 0.2) is 5.03 Å². The van der Waals surface area contributed by atoms with E-state index >= 15 is 0 Å². The van der Waals surface area contributed by atoms with Crippen LogP contribution in [0.3, 0.4) is 0 Å². The van der Waals surface area contributed by atoms with Crippen LogP contribution in [0.5, 0.6) is 0 Å². The summed E-state index contributed by atoms with van der Waals surface area (Å²) in [7, 11) is -3.67. The van der Waals surface area contributed by atoms with Gasteiger partial charge in [0.1, 0.15) is 0 Å². The van der Waals surface area contributed by atoms with E-state index in [9.17, 15) is 13.5 Å². The zero-order valence-electron chi connectivity index (χ0n) is 13.0. The second kappa shape index (κ2) is 5.55. The van der Waals surface area contributed by atoms with Crippen molar-refractivity contribution < 1.29 is 13.5 Å². The van der Waals surface area contributed by atoms with Gasteiger partial charge < -0.3 is 5.11 Å². The molecule has 0 saturated carbocycles. The highest BCUT2D eigenvalue weighted by atomic mass is 32.2. The number of nitrogens with one attached hydrogen (secondary N) is 1. The van der Waals surface area contributed by atoms with Crippen LogP contribution in [0, 0.1) is 12.3 Å². The third-order valence-corrected chi connectivity index (χ3v) is 5.75. The van der Waals surface area contributed by atoms with Gasteiger partial charge in [0.05, 0.1) is 6.61 Å². The average Bonchev–Trinajstić information content (AvgIpc) is 2.79. The van der Waals surface area contributed by atoms with Gasteiger partial charge >= 0.3 is 0 Å². The minimum absolute atomic E-state index is 0.0601. The Bertz CT molecular complexity index is 653. The first-order chi connectivity index (χ1) is 9.67. The molecule has 0 aromatic carbocycles. The fourth-order valence-corrected chi connectivity index (χ4v) is 4.04. The van der Waals surface area contributed by atoms with E-state index in [0.717, 1.165) is 6.42 Å². The molecule has 0 aliphatic carbocycles. The highest BCUT2D eigenvalue weighted by Gasteiger charge is 2.32. The van der Waals surface area contributed by atoms with E-state index in [1.54, 1.807) is 6.92 Å². The number of nitrogens with zero attached hydrogens (tertiary/aromatic N) is 2. The molecule has 0 spiro atoms. The number of H-pyrrole nitrogens is 1. The van der Waals surface area contributed by atoms with Gasteiger partial charge in [-0.05, 0) is 18.8 Å². The molecule has 7 heteroatoms. The molecule has 118 valence electrons. The molecule has 2 N–H and O–H groups in total. The second-order valence-electron chi connectivity index (χ2n) is 6.38. The van der Waals surface area contributed by atoms with E-state index < -0.39 is 10.0 Å². The molecule has 1 aromatic heterocycles. The van der Waals surface area contributed by atoms with Crippen LogP contribution in [0.15, 0.2) is 16.7 Å². The third-order valence-electron chi connectivity index (χ3n) is 3.91. The molecule has 0 atom stereocenters. The Morgan fingerprint density at radius 2 is 2.10 bits per heavy atom. The molecule has 0 fully saturated rings. The molecule has 0 amide bonds. The zero-order valence-corrected chi connectivity index (χ0v) is 13.8. The molecule has 6 nitrogen and oxygen atoms in total. The van der Waals surface area contributed by atoms with Gasteiger partial charge in [0.2, 0.25) is 0 Å². The van der Waals surface area contributed by atoms with Crippen LogP contribution in [-0.2, 0) is 16.6 Å². The summed E-state index contributed by atoms with van der Waals surface area (Å²) < 4.78 is 26.7. The SMILES string of the molecule is Cc1[nH]nc(S(=O)(=O)N2CC=C(C(C)(C)C)CC2)c1CO. The molecule has 2 heterocycles. The maximum atomic E-state index is 12.6. The minimum Gasteiger partial charge on any atom is -0.392 e. The molecule has 0 unspecified atom stereocenters. The number of aryl methyl sites for hydroxylation is 1. The van der Waals surface area contributed by atoms with E-state index in [4.69, 9.17) is 0 Å². The second-order valence-corrected chi connectivity index (χ2v) is 8.24. The summed E-state index contributed by atoms with van der Waals surface area (Å²) >= 11 is 0. The summed E-state index contributed by atoms with van der Waals surface area (Å²) in [5.41, 5.74) is 2.27. The average molecular weight is 313 g/mol. The maximum Gasteiger partial charge on any atom is 0.263 e. The lowest BCUT2D eigenvalue weighted by atomic mass is 9.83. The largest absolute Gasteiger partial charge is 0.392 e. The van der Waals surface area contributed by atoms with Gasteiger partial charge in [-0.15, -0.1) is 0 Å². The maximum absolute atomic E-state index is 12.6. The lowest BCUT2D eigenvalue weighted by molar-refractivity contribution is 0.277. The molecule has 0 saturated heterocycles. The number of aromatic amines is 1. The number of rotatable bonds is 3. The monoisotopic (exact) mass is 313 g/mol. The van der Waals surface area contributed by atoms with Crippen molar-refractivity contribution in [1.82, 2.24) is 14.5 Å². The van der Waals surface area contributed by atoms with Crippen molar-refractivity contribution in [2.45, 2.75) is 45.7 Å². The zero-order chi connectivity index (χ0) is 15.8. The van der Waals surface area contributed by atoms with Gasteiger partial charge in [-0.1, -0.05) is 32.4 Å². The summed E-state index contributed by atoms with van der Waals surface area (Å²) in [4.78, 5) is 0. The Morgan fingerprint density at radius 3 is 2.57 bits per heavy atom. The van der Waals surface area contributed by atoms with E-state index in [-0.39, 0.29) is 17.0 Å². The Kier molecular flexibility index (Phi) is 4.28. The van der Waals surface area contributed by atoms with Crippen molar-refractivity contribution in [2.24, 2.45) is 5.41 Å². The van der Waals surface area contributed by atoms with Gasteiger partial charge in [0, 0.05) is 24.3 Å². The van der Waals surface area contributed by atoms with Crippen LogP contribution in [0.4, 0.5) is 0 Å². The summed E-state index contributed by atoms with van der Waals surface area (Å²) in [5, 5.41) is 15.8. The Morgan fingerprint density at radius 1 is 1.43 bits per heavy atom. The van der Waals surface area contributed by atoms with Crippen molar-refractivity contribution in [3.63, 3.8) is 0 Å². The number of hydrogen-bond acceptors (Lipinski definition) is 4. The highest BCUT2D eigenvalue weighted by molar-refractivity contribution is 7.89. The fourth-order valence-electron chi connectivity index (χ4n) is 2.50. The number of sulfonamides is 1. The number of aliphatic hydroxyl groups is 1. The Hall–Kier alpha value is -1.18. The third kappa shape index (κ3) is 3.04.